The van der Waals surface area contributed by atoms with Crippen LogP contribution in [-0.4, -0.2) is 25.5 Å². The zero-order chi connectivity index (χ0) is 15.2. The third-order valence-electron chi connectivity index (χ3n) is 3.71. The van der Waals surface area contributed by atoms with Gasteiger partial charge in [0.25, 0.3) is 0 Å². The van der Waals surface area contributed by atoms with E-state index in [-0.39, 0.29) is 0 Å². The predicted molar refractivity (Wildman–Crippen MR) is 90.8 cm³/mol. The molecule has 0 aliphatic heterocycles. The molecule has 2 rings (SSSR count). The van der Waals surface area contributed by atoms with Crippen molar-refractivity contribution in [3.8, 4) is 0 Å². The number of rotatable bonds is 6. The monoisotopic (exact) mass is 302 g/mol. The van der Waals surface area contributed by atoms with Gasteiger partial charge < -0.3 is 10.2 Å². The molecule has 0 fully saturated rings. The maximum absolute atomic E-state index is 6.17. The molecule has 0 saturated carbocycles. The highest BCUT2D eigenvalue weighted by atomic mass is 35.5. The number of hydrogen-bond donors (Lipinski definition) is 1. The number of benzene rings is 2. The molecule has 112 valence electrons. The summed E-state index contributed by atoms with van der Waals surface area (Å²) in [7, 11) is 4.23. The number of nitrogens with one attached hydrogen (secondary N) is 1. The van der Waals surface area contributed by atoms with Gasteiger partial charge in [-0.05, 0) is 43.8 Å². The van der Waals surface area contributed by atoms with Crippen molar-refractivity contribution in [2.75, 3.05) is 20.6 Å². The Hall–Kier alpha value is -1.35. The SMILES string of the molecule is Cc1ccc(CNCC(c2ccccc2)N(C)C)cc1Cl. The number of nitrogens with zero attached hydrogens (tertiary/aromatic N) is 1. The van der Waals surface area contributed by atoms with Crippen LogP contribution in [0.15, 0.2) is 48.5 Å². The van der Waals surface area contributed by atoms with E-state index in [0.717, 1.165) is 23.7 Å². The first-order valence-electron chi connectivity index (χ1n) is 7.25. The molecule has 2 aromatic carbocycles. The Kier molecular flexibility index (Phi) is 5.80. The Labute approximate surface area is 132 Å². The van der Waals surface area contributed by atoms with E-state index in [1.54, 1.807) is 0 Å². The van der Waals surface area contributed by atoms with Crippen molar-refractivity contribution in [1.82, 2.24) is 10.2 Å². The van der Waals surface area contributed by atoms with Crippen molar-refractivity contribution in [2.45, 2.75) is 19.5 Å². The van der Waals surface area contributed by atoms with Crippen LogP contribution in [0.3, 0.4) is 0 Å². The molecule has 2 aromatic rings. The summed E-state index contributed by atoms with van der Waals surface area (Å²) in [4.78, 5) is 2.24. The van der Waals surface area contributed by atoms with Gasteiger partial charge in [0, 0.05) is 24.2 Å². The summed E-state index contributed by atoms with van der Waals surface area (Å²) in [6, 6.07) is 17.2. The van der Waals surface area contributed by atoms with Crippen molar-refractivity contribution in [3.63, 3.8) is 0 Å². The third-order valence-corrected chi connectivity index (χ3v) is 4.12. The molecule has 2 nitrogen and oxygen atoms in total. The van der Waals surface area contributed by atoms with E-state index < -0.39 is 0 Å². The number of halogens is 1. The minimum absolute atomic E-state index is 0.368. The zero-order valence-electron chi connectivity index (χ0n) is 12.9. The first-order chi connectivity index (χ1) is 10.1. The minimum atomic E-state index is 0.368. The van der Waals surface area contributed by atoms with Crippen LogP contribution in [0.4, 0.5) is 0 Å². The molecule has 0 heterocycles. The first-order valence-corrected chi connectivity index (χ1v) is 7.63. The Balaban J connectivity index is 1.95. The standard InChI is InChI=1S/C18H23ClN2/c1-14-9-10-15(11-17(14)19)12-20-13-18(21(2)3)16-7-5-4-6-8-16/h4-11,18,20H,12-13H2,1-3H3. The third kappa shape index (κ3) is 4.57. The van der Waals surface area contributed by atoms with Crippen LogP contribution in [0.1, 0.15) is 22.7 Å². The summed E-state index contributed by atoms with van der Waals surface area (Å²) in [5.41, 5.74) is 3.67. The van der Waals surface area contributed by atoms with Gasteiger partial charge in [-0.25, -0.2) is 0 Å². The normalized spacial score (nSPS) is 12.6. The fraction of sp³-hybridized carbons (Fsp3) is 0.333. The van der Waals surface area contributed by atoms with E-state index in [9.17, 15) is 0 Å². The van der Waals surface area contributed by atoms with Crippen LogP contribution in [0.2, 0.25) is 5.02 Å². The molecule has 0 saturated heterocycles. The Morgan fingerprint density at radius 1 is 1.10 bits per heavy atom. The van der Waals surface area contributed by atoms with E-state index in [0.29, 0.717) is 6.04 Å². The lowest BCUT2D eigenvalue weighted by Crippen LogP contribution is -2.30. The van der Waals surface area contributed by atoms with Crippen LogP contribution in [0.25, 0.3) is 0 Å². The number of aryl methyl sites for hydroxylation is 1. The van der Waals surface area contributed by atoms with Gasteiger partial charge >= 0.3 is 0 Å². The summed E-state index contributed by atoms with van der Waals surface area (Å²) in [5, 5.41) is 4.36. The van der Waals surface area contributed by atoms with Crippen molar-refractivity contribution in [3.05, 3.63) is 70.2 Å². The van der Waals surface area contributed by atoms with E-state index in [4.69, 9.17) is 11.6 Å². The maximum atomic E-state index is 6.17. The van der Waals surface area contributed by atoms with Crippen LogP contribution in [0.5, 0.6) is 0 Å². The topological polar surface area (TPSA) is 15.3 Å². The van der Waals surface area contributed by atoms with Crippen LogP contribution >= 0.6 is 11.6 Å². The molecule has 0 aliphatic rings. The van der Waals surface area contributed by atoms with E-state index in [1.807, 2.05) is 13.0 Å². The summed E-state index contributed by atoms with van der Waals surface area (Å²) >= 11 is 6.17. The highest BCUT2D eigenvalue weighted by molar-refractivity contribution is 6.31. The molecule has 0 aromatic heterocycles. The highest BCUT2D eigenvalue weighted by Crippen LogP contribution is 2.18. The van der Waals surface area contributed by atoms with E-state index in [1.165, 1.54) is 11.1 Å². The van der Waals surface area contributed by atoms with Gasteiger partial charge in [-0.3, -0.25) is 0 Å². The molecule has 1 unspecified atom stereocenters. The minimum Gasteiger partial charge on any atom is -0.311 e. The molecule has 0 amide bonds. The number of hydrogen-bond acceptors (Lipinski definition) is 2. The molecule has 21 heavy (non-hydrogen) atoms. The highest BCUT2D eigenvalue weighted by Gasteiger charge is 2.12. The largest absolute Gasteiger partial charge is 0.311 e. The summed E-state index contributed by atoms with van der Waals surface area (Å²) in [6.45, 7) is 3.76. The quantitative estimate of drug-likeness (QED) is 0.866. The molecule has 1 atom stereocenters. The first kappa shape index (κ1) is 16.0. The summed E-state index contributed by atoms with van der Waals surface area (Å²) in [5.74, 6) is 0. The molecule has 1 N–H and O–H groups in total. The fourth-order valence-corrected chi connectivity index (χ4v) is 2.58. The number of likely N-dealkylation sites (N-methyl/N-ethyl adjacent to an activating group) is 1. The smallest absolute Gasteiger partial charge is 0.0466 e. The van der Waals surface area contributed by atoms with E-state index >= 15 is 0 Å². The van der Waals surface area contributed by atoms with Crippen LogP contribution < -0.4 is 5.32 Å². The molecule has 0 radical (unpaired) electrons. The lowest BCUT2D eigenvalue weighted by atomic mass is 10.1. The zero-order valence-corrected chi connectivity index (χ0v) is 13.7. The van der Waals surface area contributed by atoms with Gasteiger partial charge in [0.05, 0.1) is 0 Å². The molecule has 3 heteroatoms. The molecular weight excluding hydrogens is 280 g/mol. The molecule has 0 spiro atoms. The van der Waals surface area contributed by atoms with Gasteiger partial charge in [0.1, 0.15) is 0 Å². The fourth-order valence-electron chi connectivity index (χ4n) is 2.37. The Morgan fingerprint density at radius 3 is 2.43 bits per heavy atom. The second-order valence-corrected chi connectivity index (χ2v) is 6.01. The maximum Gasteiger partial charge on any atom is 0.0466 e. The van der Waals surface area contributed by atoms with Crippen LogP contribution in [-0.2, 0) is 6.54 Å². The van der Waals surface area contributed by atoms with Gasteiger partial charge in [-0.15, -0.1) is 0 Å². The van der Waals surface area contributed by atoms with Gasteiger partial charge in [-0.2, -0.15) is 0 Å². The Morgan fingerprint density at radius 2 is 1.81 bits per heavy atom. The molecule has 0 bridgehead atoms. The predicted octanol–water partition coefficient (Wildman–Crippen LogP) is 4.04. The second kappa shape index (κ2) is 7.60. The van der Waals surface area contributed by atoms with Gasteiger partial charge in [0.2, 0.25) is 0 Å². The molecular formula is C18H23ClN2. The lowest BCUT2D eigenvalue weighted by molar-refractivity contribution is 0.288. The van der Waals surface area contributed by atoms with Crippen molar-refractivity contribution in [2.24, 2.45) is 0 Å². The van der Waals surface area contributed by atoms with Crippen molar-refractivity contribution >= 4 is 11.6 Å². The summed E-state index contributed by atoms with van der Waals surface area (Å²) in [6.07, 6.45) is 0. The van der Waals surface area contributed by atoms with Crippen molar-refractivity contribution in [1.29, 1.82) is 0 Å². The second-order valence-electron chi connectivity index (χ2n) is 5.60. The van der Waals surface area contributed by atoms with Crippen LogP contribution in [0, 0.1) is 6.92 Å². The van der Waals surface area contributed by atoms with Gasteiger partial charge in [0.15, 0.2) is 0 Å². The summed E-state index contributed by atoms with van der Waals surface area (Å²) < 4.78 is 0. The van der Waals surface area contributed by atoms with Crippen molar-refractivity contribution < 1.29 is 0 Å². The van der Waals surface area contributed by atoms with E-state index in [2.05, 4.69) is 66.8 Å². The van der Waals surface area contributed by atoms with Gasteiger partial charge in [-0.1, -0.05) is 54.1 Å². The average Bonchev–Trinajstić information content (AvgIpc) is 2.48. The lowest BCUT2D eigenvalue weighted by Gasteiger charge is -2.25. The molecule has 0 aliphatic carbocycles. The average molecular weight is 303 g/mol. The Bertz CT molecular complexity index is 567.